The molecule has 2 aromatic carbocycles. The molecule has 0 amide bonds. The maximum Gasteiger partial charge on any atom is 0.161 e. The molecule has 2 atom stereocenters. The van der Waals surface area contributed by atoms with Crippen LogP contribution in [-0.2, 0) is 16.1 Å². The molecule has 0 spiro atoms. The fourth-order valence-corrected chi connectivity index (χ4v) is 4.91. The highest BCUT2D eigenvalue weighted by Gasteiger charge is 2.34. The molecule has 0 aliphatic carbocycles. The lowest BCUT2D eigenvalue weighted by atomic mass is 9.94. The van der Waals surface area contributed by atoms with Crippen molar-refractivity contribution in [2.45, 2.75) is 32.7 Å². The zero-order chi connectivity index (χ0) is 23.1. The second-order valence-electron chi connectivity index (χ2n) is 8.61. The SMILES string of the molecule is COCc1cn2c(-c3ccccc3C)c(-c3ccccc3C)nc2c2c1[C@@H](OC)[C@H](O)CN2. The van der Waals surface area contributed by atoms with E-state index in [0.29, 0.717) is 13.2 Å². The molecule has 6 heteroatoms. The Kier molecular flexibility index (Phi) is 5.66. The number of pyridine rings is 1. The summed E-state index contributed by atoms with van der Waals surface area (Å²) in [5.74, 6) is 0. The number of ether oxygens (including phenoxy) is 2. The highest BCUT2D eigenvalue weighted by Crippen LogP contribution is 2.43. The van der Waals surface area contributed by atoms with Gasteiger partial charge in [-0.2, -0.15) is 0 Å². The first-order valence-electron chi connectivity index (χ1n) is 11.2. The topological polar surface area (TPSA) is 68.0 Å². The Morgan fingerprint density at radius 1 is 1.03 bits per heavy atom. The summed E-state index contributed by atoms with van der Waals surface area (Å²) in [6.45, 7) is 5.03. The molecule has 0 unspecified atom stereocenters. The molecule has 1 aliphatic rings. The normalized spacial score (nSPS) is 17.7. The molecule has 0 saturated carbocycles. The van der Waals surface area contributed by atoms with E-state index in [1.165, 1.54) is 11.1 Å². The fraction of sp³-hybridized carbons (Fsp3) is 0.296. The molecule has 0 bridgehead atoms. The lowest BCUT2D eigenvalue weighted by molar-refractivity contribution is -0.0107. The van der Waals surface area contributed by atoms with E-state index < -0.39 is 12.2 Å². The Labute approximate surface area is 193 Å². The van der Waals surface area contributed by atoms with Gasteiger partial charge in [0, 0.05) is 49.2 Å². The van der Waals surface area contributed by atoms with Crippen LogP contribution < -0.4 is 5.32 Å². The second kappa shape index (κ2) is 8.63. The minimum atomic E-state index is -0.651. The van der Waals surface area contributed by atoms with Gasteiger partial charge in [0.1, 0.15) is 12.2 Å². The van der Waals surface area contributed by atoms with Crippen molar-refractivity contribution < 1.29 is 14.6 Å². The highest BCUT2D eigenvalue weighted by atomic mass is 16.5. The van der Waals surface area contributed by atoms with Gasteiger partial charge >= 0.3 is 0 Å². The number of aliphatic hydroxyl groups is 1. The predicted molar refractivity (Wildman–Crippen MR) is 130 cm³/mol. The minimum absolute atomic E-state index is 0.393. The highest BCUT2D eigenvalue weighted by molar-refractivity contribution is 5.89. The molecule has 33 heavy (non-hydrogen) atoms. The fourth-order valence-electron chi connectivity index (χ4n) is 4.91. The van der Waals surface area contributed by atoms with Crippen molar-refractivity contribution in [1.29, 1.82) is 0 Å². The van der Waals surface area contributed by atoms with Gasteiger partial charge in [-0.25, -0.2) is 4.98 Å². The number of methoxy groups -OCH3 is 2. The standard InChI is InChI=1S/C27H29N3O3/c1-16-9-5-7-11-19(16)23-25(20-12-8-6-10-17(20)2)30-14-18(15-32-3)22-24(27(30)29-23)28-13-21(31)26(22)33-4/h5-12,14,21,26,28,31H,13,15H2,1-4H3/t21-,26+/m1/s1. The van der Waals surface area contributed by atoms with E-state index in [4.69, 9.17) is 14.5 Å². The average Bonchev–Trinajstić information content (AvgIpc) is 3.19. The number of imidazole rings is 1. The molecule has 5 rings (SSSR count). The Bertz CT molecular complexity index is 1330. The number of rotatable bonds is 5. The number of benzene rings is 2. The van der Waals surface area contributed by atoms with Crippen LogP contribution in [-0.4, -0.2) is 41.4 Å². The lowest BCUT2D eigenvalue weighted by Gasteiger charge is -2.32. The molecular weight excluding hydrogens is 414 g/mol. The van der Waals surface area contributed by atoms with Crippen molar-refractivity contribution >= 4 is 11.3 Å². The van der Waals surface area contributed by atoms with Crippen molar-refractivity contribution in [2.24, 2.45) is 0 Å². The Hall–Kier alpha value is -3.19. The van der Waals surface area contributed by atoms with Crippen LogP contribution in [0.3, 0.4) is 0 Å². The van der Waals surface area contributed by atoms with Gasteiger partial charge in [0.05, 0.1) is 23.7 Å². The molecule has 3 heterocycles. The maximum absolute atomic E-state index is 10.6. The number of aromatic nitrogens is 2. The molecule has 2 aromatic heterocycles. The summed E-state index contributed by atoms with van der Waals surface area (Å²) in [4.78, 5) is 5.19. The van der Waals surface area contributed by atoms with Crippen molar-refractivity contribution in [3.05, 3.63) is 77.0 Å². The van der Waals surface area contributed by atoms with E-state index in [1.807, 2.05) is 6.07 Å². The number of fused-ring (bicyclic) bond motifs is 3. The summed E-state index contributed by atoms with van der Waals surface area (Å²) >= 11 is 0. The Balaban J connectivity index is 1.91. The van der Waals surface area contributed by atoms with Gasteiger partial charge in [-0.15, -0.1) is 0 Å². The summed E-state index contributed by atoms with van der Waals surface area (Å²) in [7, 11) is 3.31. The number of nitrogens with one attached hydrogen (secondary N) is 1. The molecule has 0 saturated heterocycles. The van der Waals surface area contributed by atoms with Crippen LogP contribution >= 0.6 is 0 Å². The molecule has 1 aliphatic heterocycles. The number of hydrogen-bond donors (Lipinski definition) is 2. The van der Waals surface area contributed by atoms with Gasteiger partial charge in [-0.3, -0.25) is 4.40 Å². The van der Waals surface area contributed by atoms with Crippen molar-refractivity contribution in [1.82, 2.24) is 9.38 Å². The molecular formula is C27H29N3O3. The average molecular weight is 444 g/mol. The third-order valence-electron chi connectivity index (χ3n) is 6.51. The maximum atomic E-state index is 10.6. The van der Waals surface area contributed by atoms with E-state index >= 15 is 0 Å². The van der Waals surface area contributed by atoms with Gasteiger partial charge in [-0.05, 0) is 25.0 Å². The van der Waals surface area contributed by atoms with Gasteiger partial charge in [0.15, 0.2) is 5.65 Å². The summed E-state index contributed by atoms with van der Waals surface area (Å²) in [6, 6.07) is 16.7. The number of anilines is 1. The number of aryl methyl sites for hydroxylation is 2. The summed E-state index contributed by atoms with van der Waals surface area (Å²) in [5.41, 5.74) is 10.1. The first-order valence-corrected chi connectivity index (χ1v) is 11.2. The van der Waals surface area contributed by atoms with Crippen LogP contribution in [0.25, 0.3) is 28.2 Å². The van der Waals surface area contributed by atoms with Crippen LogP contribution in [0.4, 0.5) is 5.69 Å². The molecule has 4 aromatic rings. The van der Waals surface area contributed by atoms with Crippen molar-refractivity contribution in [3.63, 3.8) is 0 Å². The number of hydrogen-bond acceptors (Lipinski definition) is 5. The van der Waals surface area contributed by atoms with Crippen LogP contribution in [0.1, 0.15) is 28.4 Å². The van der Waals surface area contributed by atoms with E-state index in [1.54, 1.807) is 14.2 Å². The first kappa shape index (κ1) is 21.6. The molecule has 0 fully saturated rings. The first-order chi connectivity index (χ1) is 16.0. The van der Waals surface area contributed by atoms with Crippen molar-refractivity contribution in [3.8, 4) is 22.5 Å². The largest absolute Gasteiger partial charge is 0.388 e. The van der Waals surface area contributed by atoms with Crippen LogP contribution in [0.5, 0.6) is 0 Å². The number of β-amino-alcohol motifs (C(OH)–C–C–N with tert-alkyl or cyclic N) is 1. The van der Waals surface area contributed by atoms with Gasteiger partial charge < -0.3 is 19.9 Å². The van der Waals surface area contributed by atoms with Crippen LogP contribution in [0, 0.1) is 13.8 Å². The molecule has 0 radical (unpaired) electrons. The van der Waals surface area contributed by atoms with Gasteiger partial charge in [0.25, 0.3) is 0 Å². The van der Waals surface area contributed by atoms with E-state index in [0.717, 1.165) is 45.0 Å². The van der Waals surface area contributed by atoms with Crippen LogP contribution in [0.2, 0.25) is 0 Å². The smallest absolute Gasteiger partial charge is 0.161 e. The monoisotopic (exact) mass is 443 g/mol. The lowest BCUT2D eigenvalue weighted by Crippen LogP contribution is -2.34. The van der Waals surface area contributed by atoms with Crippen LogP contribution in [0.15, 0.2) is 54.7 Å². The van der Waals surface area contributed by atoms with Crippen molar-refractivity contribution in [2.75, 3.05) is 26.1 Å². The van der Waals surface area contributed by atoms with Gasteiger partial charge in [0.2, 0.25) is 0 Å². The molecule has 170 valence electrons. The third-order valence-corrected chi connectivity index (χ3v) is 6.51. The minimum Gasteiger partial charge on any atom is -0.388 e. The summed E-state index contributed by atoms with van der Waals surface area (Å²) in [6.07, 6.45) is 0.985. The number of aliphatic hydroxyl groups excluding tert-OH is 1. The zero-order valence-corrected chi connectivity index (χ0v) is 19.4. The van der Waals surface area contributed by atoms with E-state index in [9.17, 15) is 5.11 Å². The quantitative estimate of drug-likeness (QED) is 0.459. The third kappa shape index (κ3) is 3.51. The molecule has 2 N–H and O–H groups in total. The predicted octanol–water partition coefficient (Wildman–Crippen LogP) is 4.91. The Morgan fingerprint density at radius 2 is 1.70 bits per heavy atom. The van der Waals surface area contributed by atoms with E-state index in [2.05, 4.69) is 72.2 Å². The van der Waals surface area contributed by atoms with Gasteiger partial charge in [-0.1, -0.05) is 48.5 Å². The summed E-state index contributed by atoms with van der Waals surface area (Å²) in [5, 5.41) is 14.0. The van der Waals surface area contributed by atoms with E-state index in [-0.39, 0.29) is 0 Å². The second-order valence-corrected chi connectivity index (χ2v) is 8.61. The Morgan fingerprint density at radius 3 is 2.33 bits per heavy atom. The summed E-state index contributed by atoms with van der Waals surface area (Å²) < 4.78 is 13.4. The molecule has 6 nitrogen and oxygen atoms in total. The number of nitrogens with zero attached hydrogens (tertiary/aromatic N) is 2. The zero-order valence-electron chi connectivity index (χ0n) is 19.4.